The highest BCUT2D eigenvalue weighted by Gasteiger charge is 2.29. The summed E-state index contributed by atoms with van der Waals surface area (Å²) in [5.74, 6) is 2.73. The van der Waals surface area contributed by atoms with E-state index in [1.54, 1.807) is 7.11 Å². The summed E-state index contributed by atoms with van der Waals surface area (Å²) in [6.45, 7) is 0. The first-order chi connectivity index (χ1) is 13.7. The smallest absolute Gasteiger partial charge is 0.226 e. The van der Waals surface area contributed by atoms with Crippen molar-refractivity contribution < 1.29 is 14.3 Å². The molecule has 5 rings (SSSR count). The second kappa shape index (κ2) is 6.71. The molecule has 0 saturated heterocycles. The maximum atomic E-state index is 12.1. The maximum Gasteiger partial charge on any atom is 0.226 e. The first-order valence-corrected chi connectivity index (χ1v) is 9.53. The van der Waals surface area contributed by atoms with Gasteiger partial charge in [-0.3, -0.25) is 9.89 Å². The van der Waals surface area contributed by atoms with Gasteiger partial charge in [-0.15, -0.1) is 0 Å². The Morgan fingerprint density at radius 2 is 2.04 bits per heavy atom. The van der Waals surface area contributed by atoms with Crippen molar-refractivity contribution in [3.05, 3.63) is 64.8 Å². The van der Waals surface area contributed by atoms with E-state index in [9.17, 15) is 4.79 Å². The van der Waals surface area contributed by atoms with E-state index in [2.05, 4.69) is 21.6 Å². The van der Waals surface area contributed by atoms with Crippen LogP contribution >= 0.6 is 0 Å². The van der Waals surface area contributed by atoms with Crippen molar-refractivity contribution in [3.8, 4) is 17.2 Å². The van der Waals surface area contributed by atoms with Crippen LogP contribution < -0.4 is 14.8 Å². The molecule has 3 aromatic rings. The number of benzene rings is 2. The number of carbonyl (C=O) groups is 1. The monoisotopic (exact) mass is 375 g/mol. The van der Waals surface area contributed by atoms with Gasteiger partial charge >= 0.3 is 0 Å². The van der Waals surface area contributed by atoms with Gasteiger partial charge in [0.15, 0.2) is 17.3 Å². The molecule has 0 radical (unpaired) electrons. The number of anilines is 1. The summed E-state index contributed by atoms with van der Waals surface area (Å²) in [6.07, 6.45) is 5.54. The minimum Gasteiger partial charge on any atom is -0.493 e. The number of fused-ring (bicyclic) bond motifs is 2. The van der Waals surface area contributed by atoms with Gasteiger partial charge in [0, 0.05) is 24.1 Å². The van der Waals surface area contributed by atoms with Crippen LogP contribution in [0.5, 0.6) is 17.2 Å². The van der Waals surface area contributed by atoms with E-state index in [0.717, 1.165) is 29.7 Å². The number of aromatic amines is 1. The van der Waals surface area contributed by atoms with Gasteiger partial charge < -0.3 is 14.8 Å². The number of rotatable bonds is 4. The summed E-state index contributed by atoms with van der Waals surface area (Å²) in [5, 5.41) is 9.75. The number of methoxy groups -OCH3 is 1. The lowest BCUT2D eigenvalue weighted by Gasteiger charge is -2.23. The highest BCUT2D eigenvalue weighted by atomic mass is 16.5. The number of ether oxygens (including phenoxy) is 2. The van der Waals surface area contributed by atoms with Crippen LogP contribution in [0.3, 0.4) is 0 Å². The summed E-state index contributed by atoms with van der Waals surface area (Å²) in [6, 6.07) is 12.1. The normalized spacial score (nSPS) is 17.6. The van der Waals surface area contributed by atoms with E-state index in [-0.39, 0.29) is 11.8 Å². The van der Waals surface area contributed by atoms with Crippen LogP contribution in [0, 0.1) is 0 Å². The van der Waals surface area contributed by atoms with Crippen molar-refractivity contribution in [3.63, 3.8) is 0 Å². The molecule has 1 atom stereocenters. The quantitative estimate of drug-likeness (QED) is 0.717. The molecule has 1 aliphatic carbocycles. The highest BCUT2D eigenvalue weighted by Crippen LogP contribution is 2.41. The topological polar surface area (TPSA) is 76.2 Å². The van der Waals surface area contributed by atoms with E-state index in [1.807, 2.05) is 36.5 Å². The number of aromatic nitrogens is 2. The Bertz CT molecular complexity index is 1060. The van der Waals surface area contributed by atoms with Crippen molar-refractivity contribution in [2.75, 3.05) is 12.4 Å². The predicted octanol–water partition coefficient (Wildman–Crippen LogP) is 4.17. The highest BCUT2D eigenvalue weighted by molar-refractivity contribution is 5.94. The Balaban J connectivity index is 1.49. The standard InChI is InChI=1S/C22H21N3O3/c1-27-20-10-14(16-11-21(26)24-22-17(16)12-23-25-22)8-9-19(20)28-18-7-3-5-13-4-2-6-15(13)18/h3,5,7-10,12,16H,2,4,6,11H2,1H3,(H2,23,24,25,26). The molecule has 6 nitrogen and oxygen atoms in total. The molecule has 142 valence electrons. The summed E-state index contributed by atoms with van der Waals surface area (Å²) >= 11 is 0. The molecule has 2 aromatic carbocycles. The zero-order chi connectivity index (χ0) is 19.1. The Morgan fingerprint density at radius 1 is 1.11 bits per heavy atom. The molecule has 28 heavy (non-hydrogen) atoms. The molecule has 1 amide bonds. The van der Waals surface area contributed by atoms with Crippen molar-refractivity contribution in [2.24, 2.45) is 0 Å². The molecule has 1 aliphatic heterocycles. The summed E-state index contributed by atoms with van der Waals surface area (Å²) < 4.78 is 11.9. The average molecular weight is 375 g/mol. The lowest BCUT2D eigenvalue weighted by atomic mass is 9.87. The average Bonchev–Trinajstić information content (AvgIpc) is 3.37. The predicted molar refractivity (Wildman–Crippen MR) is 105 cm³/mol. The van der Waals surface area contributed by atoms with E-state index in [0.29, 0.717) is 23.7 Å². The van der Waals surface area contributed by atoms with Gasteiger partial charge in [0.1, 0.15) is 5.75 Å². The number of carbonyl (C=O) groups excluding carboxylic acids is 1. The Hall–Kier alpha value is -3.28. The zero-order valence-corrected chi connectivity index (χ0v) is 15.6. The third kappa shape index (κ3) is 2.81. The molecule has 1 aromatic heterocycles. The Labute approximate surface area is 162 Å². The zero-order valence-electron chi connectivity index (χ0n) is 15.6. The van der Waals surface area contributed by atoms with Gasteiger partial charge in [0.2, 0.25) is 5.91 Å². The van der Waals surface area contributed by atoms with Crippen molar-refractivity contribution in [2.45, 2.75) is 31.6 Å². The van der Waals surface area contributed by atoms with Crippen LogP contribution in [0.25, 0.3) is 0 Å². The summed E-state index contributed by atoms with van der Waals surface area (Å²) in [4.78, 5) is 12.1. The fraction of sp³-hybridized carbons (Fsp3) is 0.273. The molecule has 2 aliphatic rings. The van der Waals surface area contributed by atoms with Crippen LogP contribution in [-0.4, -0.2) is 23.2 Å². The van der Waals surface area contributed by atoms with Gasteiger partial charge in [-0.25, -0.2) is 0 Å². The molecule has 0 fully saturated rings. The first kappa shape index (κ1) is 16.9. The number of amides is 1. The molecule has 0 saturated carbocycles. The van der Waals surface area contributed by atoms with E-state index in [1.165, 1.54) is 17.5 Å². The summed E-state index contributed by atoms with van der Waals surface area (Å²) in [5.41, 5.74) is 4.64. The van der Waals surface area contributed by atoms with E-state index < -0.39 is 0 Å². The molecule has 6 heteroatoms. The van der Waals surface area contributed by atoms with Gasteiger partial charge in [-0.05, 0) is 54.2 Å². The number of hydrogen-bond acceptors (Lipinski definition) is 4. The van der Waals surface area contributed by atoms with Crippen LogP contribution in [0.15, 0.2) is 42.6 Å². The van der Waals surface area contributed by atoms with Crippen LogP contribution in [-0.2, 0) is 17.6 Å². The minimum absolute atomic E-state index is 0.0382. The van der Waals surface area contributed by atoms with Gasteiger partial charge in [0.05, 0.1) is 7.11 Å². The molecular weight excluding hydrogens is 354 g/mol. The molecule has 0 bridgehead atoms. The molecule has 0 spiro atoms. The van der Waals surface area contributed by atoms with Crippen molar-refractivity contribution >= 4 is 11.7 Å². The fourth-order valence-corrected chi connectivity index (χ4v) is 4.22. The number of nitrogens with one attached hydrogen (secondary N) is 2. The third-order valence-electron chi connectivity index (χ3n) is 5.61. The lowest BCUT2D eigenvalue weighted by Crippen LogP contribution is -2.22. The van der Waals surface area contributed by atoms with Gasteiger partial charge in [-0.1, -0.05) is 18.2 Å². The largest absolute Gasteiger partial charge is 0.493 e. The second-order valence-electron chi connectivity index (χ2n) is 7.25. The van der Waals surface area contributed by atoms with Crippen molar-refractivity contribution in [1.82, 2.24) is 10.2 Å². The van der Waals surface area contributed by atoms with Gasteiger partial charge in [-0.2, -0.15) is 5.10 Å². The molecular formula is C22H21N3O3. The second-order valence-corrected chi connectivity index (χ2v) is 7.25. The number of aryl methyl sites for hydroxylation is 1. The van der Waals surface area contributed by atoms with E-state index in [4.69, 9.17) is 9.47 Å². The van der Waals surface area contributed by atoms with Crippen LogP contribution in [0.4, 0.5) is 5.82 Å². The number of H-pyrrole nitrogens is 1. The van der Waals surface area contributed by atoms with E-state index >= 15 is 0 Å². The summed E-state index contributed by atoms with van der Waals surface area (Å²) in [7, 11) is 1.64. The van der Waals surface area contributed by atoms with Crippen LogP contribution in [0.2, 0.25) is 0 Å². The Kier molecular flexibility index (Phi) is 4.04. The first-order valence-electron chi connectivity index (χ1n) is 9.53. The third-order valence-corrected chi connectivity index (χ3v) is 5.61. The maximum absolute atomic E-state index is 12.1. The lowest BCUT2D eigenvalue weighted by molar-refractivity contribution is -0.116. The molecule has 2 N–H and O–H groups in total. The molecule has 1 unspecified atom stereocenters. The minimum atomic E-state index is -0.0635. The SMILES string of the molecule is COc1cc(C2CC(=O)Nc3n[nH]cc32)ccc1Oc1cccc2c1CCC2. The fourth-order valence-electron chi connectivity index (χ4n) is 4.22. The van der Waals surface area contributed by atoms with Crippen molar-refractivity contribution in [1.29, 1.82) is 0 Å². The Morgan fingerprint density at radius 3 is 2.93 bits per heavy atom. The van der Waals surface area contributed by atoms with Crippen LogP contribution in [0.1, 0.15) is 41.0 Å². The van der Waals surface area contributed by atoms with Gasteiger partial charge in [0.25, 0.3) is 0 Å². The number of nitrogens with zero attached hydrogens (tertiary/aromatic N) is 1. The number of hydrogen-bond donors (Lipinski definition) is 2. The molecule has 2 heterocycles.